The van der Waals surface area contributed by atoms with Crippen LogP contribution in [0.25, 0.3) is 0 Å². The van der Waals surface area contributed by atoms with E-state index in [0.717, 1.165) is 41.7 Å². The summed E-state index contributed by atoms with van der Waals surface area (Å²) in [6, 6.07) is 8.70. The maximum Gasteiger partial charge on any atom is 0.240 e. The van der Waals surface area contributed by atoms with Gasteiger partial charge in [0.25, 0.3) is 0 Å². The van der Waals surface area contributed by atoms with Crippen molar-refractivity contribution in [2.75, 3.05) is 19.6 Å². The van der Waals surface area contributed by atoms with E-state index in [-0.39, 0.29) is 10.9 Å². The van der Waals surface area contributed by atoms with Crippen LogP contribution < -0.4 is 4.72 Å². The molecule has 7 heteroatoms. The average Bonchev–Trinajstić information content (AvgIpc) is 3.24. The highest BCUT2D eigenvalue weighted by Gasteiger charge is 2.27. The van der Waals surface area contributed by atoms with Crippen LogP contribution in [-0.2, 0) is 10.0 Å². The lowest BCUT2D eigenvalue weighted by atomic mass is 10.2. The molecule has 24 heavy (non-hydrogen) atoms. The number of hydrogen-bond donors (Lipinski definition) is 1. The van der Waals surface area contributed by atoms with Crippen LogP contribution in [0, 0.1) is 6.92 Å². The van der Waals surface area contributed by atoms with Crippen molar-refractivity contribution in [2.45, 2.75) is 30.7 Å². The van der Waals surface area contributed by atoms with Gasteiger partial charge < -0.3 is 4.42 Å². The van der Waals surface area contributed by atoms with Crippen molar-refractivity contribution in [3.05, 3.63) is 52.4 Å². The molecule has 0 saturated carbocycles. The third kappa shape index (κ3) is 3.91. The Morgan fingerprint density at radius 3 is 2.67 bits per heavy atom. The summed E-state index contributed by atoms with van der Waals surface area (Å²) in [6.07, 6.45) is 3.90. The monoisotopic (exact) mass is 412 g/mol. The number of nitrogens with one attached hydrogen (secondary N) is 1. The van der Waals surface area contributed by atoms with Crippen LogP contribution in [0.2, 0.25) is 0 Å². The summed E-state index contributed by atoms with van der Waals surface area (Å²) in [7, 11) is -3.55. The summed E-state index contributed by atoms with van der Waals surface area (Å²) in [6.45, 7) is 4.10. The number of aryl methyl sites for hydroxylation is 1. The summed E-state index contributed by atoms with van der Waals surface area (Å²) in [5.41, 5.74) is 0.889. The molecule has 1 aromatic carbocycles. The first-order chi connectivity index (χ1) is 11.5. The van der Waals surface area contributed by atoms with Gasteiger partial charge in [-0.3, -0.25) is 4.90 Å². The standard InChI is InChI=1S/C17H21BrN2O3S/c1-13-11-14(6-7-15(13)18)24(21,22)19-12-16(17-5-4-10-23-17)20-8-2-3-9-20/h4-7,10-11,16,19H,2-3,8-9,12H2,1H3. The van der Waals surface area contributed by atoms with Crippen molar-refractivity contribution in [1.29, 1.82) is 0 Å². The maximum absolute atomic E-state index is 12.6. The van der Waals surface area contributed by atoms with E-state index in [2.05, 4.69) is 25.6 Å². The van der Waals surface area contributed by atoms with Crippen LogP contribution in [0.4, 0.5) is 0 Å². The molecule has 2 heterocycles. The zero-order chi connectivity index (χ0) is 17.2. The van der Waals surface area contributed by atoms with E-state index in [4.69, 9.17) is 4.42 Å². The van der Waals surface area contributed by atoms with Gasteiger partial charge in [-0.05, 0) is 68.8 Å². The molecular weight excluding hydrogens is 392 g/mol. The fourth-order valence-electron chi connectivity index (χ4n) is 3.00. The van der Waals surface area contributed by atoms with E-state index in [1.807, 2.05) is 19.1 Å². The molecule has 1 saturated heterocycles. The predicted octanol–water partition coefficient (Wildman–Crippen LogP) is 3.47. The minimum Gasteiger partial charge on any atom is -0.468 e. The molecule has 1 aliphatic rings. The van der Waals surface area contributed by atoms with E-state index in [9.17, 15) is 8.42 Å². The molecule has 0 aliphatic carbocycles. The second-order valence-corrected chi connectivity index (χ2v) is 8.66. The summed E-state index contributed by atoms with van der Waals surface area (Å²) < 4.78 is 34.4. The molecule has 1 fully saturated rings. The first-order valence-electron chi connectivity index (χ1n) is 8.00. The van der Waals surface area contributed by atoms with Gasteiger partial charge in [0.2, 0.25) is 10.0 Å². The van der Waals surface area contributed by atoms with Gasteiger partial charge in [-0.25, -0.2) is 13.1 Å². The minimum absolute atomic E-state index is 0.0752. The lowest BCUT2D eigenvalue weighted by molar-refractivity contribution is 0.216. The molecule has 5 nitrogen and oxygen atoms in total. The fraction of sp³-hybridized carbons (Fsp3) is 0.412. The molecule has 2 aromatic rings. The van der Waals surface area contributed by atoms with Gasteiger partial charge in [0.1, 0.15) is 5.76 Å². The van der Waals surface area contributed by atoms with Crippen molar-refractivity contribution in [2.24, 2.45) is 0 Å². The molecule has 1 unspecified atom stereocenters. The second-order valence-electron chi connectivity index (χ2n) is 6.04. The summed E-state index contributed by atoms with van der Waals surface area (Å²) in [4.78, 5) is 2.55. The summed E-state index contributed by atoms with van der Waals surface area (Å²) >= 11 is 3.39. The number of rotatable bonds is 6. The molecule has 0 radical (unpaired) electrons. The van der Waals surface area contributed by atoms with Crippen molar-refractivity contribution in [1.82, 2.24) is 9.62 Å². The number of benzene rings is 1. The van der Waals surface area contributed by atoms with Crippen molar-refractivity contribution in [3.8, 4) is 0 Å². The Labute approximate surface area is 151 Å². The van der Waals surface area contributed by atoms with Crippen LogP contribution in [0.1, 0.15) is 30.2 Å². The Balaban J connectivity index is 1.76. The zero-order valence-electron chi connectivity index (χ0n) is 13.5. The van der Waals surface area contributed by atoms with Gasteiger partial charge in [0, 0.05) is 11.0 Å². The zero-order valence-corrected chi connectivity index (χ0v) is 15.9. The van der Waals surface area contributed by atoms with E-state index < -0.39 is 10.0 Å². The van der Waals surface area contributed by atoms with Gasteiger partial charge >= 0.3 is 0 Å². The Morgan fingerprint density at radius 2 is 2.04 bits per heavy atom. The molecule has 130 valence electrons. The number of hydrogen-bond acceptors (Lipinski definition) is 4. The Kier molecular flexibility index (Phi) is 5.44. The largest absolute Gasteiger partial charge is 0.468 e. The normalized spacial score (nSPS) is 17.2. The molecule has 1 aliphatic heterocycles. The van der Waals surface area contributed by atoms with Crippen LogP contribution in [-0.4, -0.2) is 33.0 Å². The van der Waals surface area contributed by atoms with Gasteiger partial charge in [0.15, 0.2) is 0 Å². The predicted molar refractivity (Wildman–Crippen MR) is 96.3 cm³/mol. The number of sulfonamides is 1. The van der Waals surface area contributed by atoms with Crippen molar-refractivity contribution >= 4 is 26.0 Å². The van der Waals surface area contributed by atoms with Crippen LogP contribution in [0.3, 0.4) is 0 Å². The van der Waals surface area contributed by atoms with E-state index in [1.165, 1.54) is 0 Å². The van der Waals surface area contributed by atoms with Gasteiger partial charge in [-0.2, -0.15) is 0 Å². The lowest BCUT2D eigenvalue weighted by Gasteiger charge is -2.26. The quantitative estimate of drug-likeness (QED) is 0.788. The topological polar surface area (TPSA) is 62.6 Å². The van der Waals surface area contributed by atoms with Gasteiger partial charge in [0.05, 0.1) is 17.2 Å². The Morgan fingerprint density at radius 1 is 1.29 bits per heavy atom. The molecule has 0 bridgehead atoms. The van der Waals surface area contributed by atoms with E-state index in [1.54, 1.807) is 24.5 Å². The summed E-state index contributed by atoms with van der Waals surface area (Å²) in [5.74, 6) is 0.798. The number of likely N-dealkylation sites (tertiary alicyclic amines) is 1. The smallest absolute Gasteiger partial charge is 0.240 e. The highest BCUT2D eigenvalue weighted by molar-refractivity contribution is 9.10. The van der Waals surface area contributed by atoms with Crippen LogP contribution in [0.15, 0.2) is 50.4 Å². The van der Waals surface area contributed by atoms with Crippen molar-refractivity contribution < 1.29 is 12.8 Å². The summed E-state index contributed by atoms with van der Waals surface area (Å²) in [5, 5.41) is 0. The van der Waals surface area contributed by atoms with Crippen LogP contribution in [0.5, 0.6) is 0 Å². The molecular formula is C17H21BrN2O3S. The highest BCUT2D eigenvalue weighted by atomic mass is 79.9. The lowest BCUT2D eigenvalue weighted by Crippen LogP contribution is -2.36. The van der Waals surface area contributed by atoms with Crippen LogP contribution >= 0.6 is 15.9 Å². The second kappa shape index (κ2) is 7.39. The SMILES string of the molecule is Cc1cc(S(=O)(=O)NCC(c2ccco2)N2CCCC2)ccc1Br. The minimum atomic E-state index is -3.55. The van der Waals surface area contributed by atoms with E-state index >= 15 is 0 Å². The van der Waals surface area contributed by atoms with Crippen molar-refractivity contribution in [3.63, 3.8) is 0 Å². The molecule has 3 rings (SSSR count). The van der Waals surface area contributed by atoms with Gasteiger partial charge in [-0.1, -0.05) is 15.9 Å². The molecule has 1 atom stereocenters. The first kappa shape index (κ1) is 17.7. The molecule has 0 amide bonds. The fourth-order valence-corrected chi connectivity index (χ4v) is 4.37. The number of nitrogens with zero attached hydrogens (tertiary/aromatic N) is 1. The highest BCUT2D eigenvalue weighted by Crippen LogP contribution is 2.26. The first-order valence-corrected chi connectivity index (χ1v) is 10.3. The third-order valence-electron chi connectivity index (χ3n) is 4.36. The Bertz CT molecular complexity index is 784. The third-order valence-corrected chi connectivity index (χ3v) is 6.67. The molecule has 1 aromatic heterocycles. The number of furan rings is 1. The maximum atomic E-state index is 12.6. The average molecular weight is 413 g/mol. The van der Waals surface area contributed by atoms with Gasteiger partial charge in [-0.15, -0.1) is 0 Å². The molecule has 1 N–H and O–H groups in total. The number of halogens is 1. The molecule has 0 spiro atoms. The van der Waals surface area contributed by atoms with E-state index in [0.29, 0.717) is 6.54 Å². The Hall–Kier alpha value is -1.15.